The molecular formula is C104H80N4O4. The number of ether oxygens (including phenoxy) is 4. The highest BCUT2D eigenvalue weighted by Gasteiger charge is 2.26. The zero-order chi connectivity index (χ0) is 75.7. The molecule has 0 bridgehead atoms. The molecule has 18 rings (SSSR count). The number of para-hydroxylation sites is 6. The van der Waals surface area contributed by atoms with Crippen LogP contribution in [-0.4, -0.2) is 28.4 Å². The van der Waals surface area contributed by atoms with Crippen LogP contribution in [0.3, 0.4) is 0 Å². The molecule has 18 aromatic rings. The number of anilines is 12. The highest BCUT2D eigenvalue weighted by Crippen LogP contribution is 2.52. The van der Waals surface area contributed by atoms with Crippen LogP contribution in [0.15, 0.2) is 413 Å². The molecule has 0 atom stereocenters. The van der Waals surface area contributed by atoms with Gasteiger partial charge in [-0.2, -0.15) is 0 Å². The van der Waals surface area contributed by atoms with Crippen molar-refractivity contribution in [1.82, 2.24) is 0 Å². The van der Waals surface area contributed by atoms with Gasteiger partial charge >= 0.3 is 0 Å². The average Bonchev–Trinajstić information content (AvgIpc) is 0.708. The van der Waals surface area contributed by atoms with Crippen molar-refractivity contribution in [1.29, 1.82) is 0 Å². The second kappa shape index (κ2) is 32.1. The van der Waals surface area contributed by atoms with Gasteiger partial charge in [0, 0.05) is 67.9 Å². The van der Waals surface area contributed by atoms with Crippen LogP contribution in [-0.2, 0) is 0 Å². The fourth-order valence-corrected chi connectivity index (χ4v) is 15.7. The van der Waals surface area contributed by atoms with Crippen molar-refractivity contribution in [3.8, 4) is 67.5 Å². The van der Waals surface area contributed by atoms with E-state index in [1.54, 1.807) is 28.4 Å². The molecule has 8 nitrogen and oxygen atoms in total. The van der Waals surface area contributed by atoms with Gasteiger partial charge in [-0.3, -0.25) is 0 Å². The molecule has 0 unspecified atom stereocenters. The summed E-state index contributed by atoms with van der Waals surface area (Å²) in [4.78, 5) is 9.32. The number of nitrogens with zero attached hydrogens (tertiary/aromatic N) is 4. The normalized spacial score (nSPS) is 11.0. The standard InChI is InChI=1S/2C52H40N2O2/c1-55-44-33-25-37(26-34-44)50-46-21-12-13-22-47(46)51(38-27-35-45(56-2)36-28-38)52-48(50)23-14-24-49(52)54(41-19-10-5-11-20-41)43-31-29-42(30-32-43)53(39-15-6-3-7-16-39)40-17-8-4-9-18-40;1-55-45-31-22-37(23-32-45)51-47-20-12-13-21-48(47)52(38-24-33-46(56-2)34-25-38)50-36-44(30-35-49(50)51)54(41-18-10-5-11-19-41)43-28-26-42(27-29-43)53(39-14-6-3-7-15-39)40-16-8-4-9-17-40/h2*3-36H,1-2H3. The van der Waals surface area contributed by atoms with E-state index in [4.69, 9.17) is 18.9 Å². The third kappa shape index (κ3) is 14.0. The molecule has 8 heteroatoms. The van der Waals surface area contributed by atoms with Gasteiger partial charge in [0.1, 0.15) is 23.0 Å². The highest BCUT2D eigenvalue weighted by molar-refractivity contribution is 6.26. The Bertz CT molecular complexity index is 6090. The lowest BCUT2D eigenvalue weighted by atomic mass is 9.85. The highest BCUT2D eigenvalue weighted by atomic mass is 16.5. The predicted octanol–water partition coefficient (Wildman–Crippen LogP) is 28.6. The third-order valence-corrected chi connectivity index (χ3v) is 20.9. The molecule has 0 heterocycles. The van der Waals surface area contributed by atoms with E-state index in [9.17, 15) is 0 Å². The zero-order valence-electron chi connectivity index (χ0n) is 62.7. The lowest BCUT2D eigenvalue weighted by Gasteiger charge is -2.30. The largest absolute Gasteiger partial charge is 0.497 e. The summed E-state index contributed by atoms with van der Waals surface area (Å²) < 4.78 is 22.3. The van der Waals surface area contributed by atoms with E-state index < -0.39 is 0 Å². The minimum absolute atomic E-state index is 0.823. The van der Waals surface area contributed by atoms with Crippen molar-refractivity contribution in [3.05, 3.63) is 413 Å². The number of hydrogen-bond acceptors (Lipinski definition) is 8. The van der Waals surface area contributed by atoms with Crippen molar-refractivity contribution in [2.45, 2.75) is 0 Å². The first-order valence-corrected chi connectivity index (χ1v) is 37.7. The minimum Gasteiger partial charge on any atom is -0.497 e. The molecule has 0 N–H and O–H groups in total. The Hall–Kier alpha value is -14.6. The van der Waals surface area contributed by atoms with Crippen LogP contribution in [0.1, 0.15) is 0 Å². The van der Waals surface area contributed by atoms with Crippen LogP contribution in [0.25, 0.3) is 87.6 Å². The molecule has 0 spiro atoms. The quantitative estimate of drug-likeness (QED) is 0.0700. The lowest BCUT2D eigenvalue weighted by molar-refractivity contribution is 0.415. The van der Waals surface area contributed by atoms with E-state index in [1.165, 1.54) is 49.2 Å². The van der Waals surface area contributed by atoms with E-state index in [0.717, 1.165) is 130 Å². The van der Waals surface area contributed by atoms with Crippen LogP contribution in [0.5, 0.6) is 23.0 Å². The molecule has 0 saturated heterocycles. The minimum atomic E-state index is 0.823. The molecule has 18 aromatic carbocycles. The summed E-state index contributed by atoms with van der Waals surface area (Å²) >= 11 is 0. The van der Waals surface area contributed by atoms with E-state index in [-0.39, 0.29) is 0 Å². The first-order chi connectivity index (χ1) is 55.4. The van der Waals surface area contributed by atoms with Gasteiger partial charge in [0.25, 0.3) is 0 Å². The van der Waals surface area contributed by atoms with Crippen molar-refractivity contribution in [3.63, 3.8) is 0 Å². The van der Waals surface area contributed by atoms with Gasteiger partial charge in [0.15, 0.2) is 0 Å². The monoisotopic (exact) mass is 1450 g/mol. The Kier molecular flexibility index (Phi) is 20.2. The molecule has 0 aliphatic carbocycles. The first kappa shape index (κ1) is 70.4. The van der Waals surface area contributed by atoms with E-state index >= 15 is 0 Å². The first-order valence-electron chi connectivity index (χ1n) is 37.7. The summed E-state index contributed by atoms with van der Waals surface area (Å²) in [5, 5.41) is 9.40. The Morgan fingerprint density at radius 3 is 0.705 bits per heavy atom. The lowest BCUT2D eigenvalue weighted by Crippen LogP contribution is -2.12. The van der Waals surface area contributed by atoms with Gasteiger partial charge < -0.3 is 38.5 Å². The van der Waals surface area contributed by atoms with Crippen LogP contribution in [0.4, 0.5) is 68.2 Å². The maximum Gasteiger partial charge on any atom is 0.118 e. The Morgan fingerprint density at radius 1 is 0.161 bits per heavy atom. The maximum absolute atomic E-state index is 5.61. The van der Waals surface area contributed by atoms with E-state index in [0.29, 0.717) is 0 Å². The van der Waals surface area contributed by atoms with Gasteiger partial charge in [-0.25, -0.2) is 0 Å². The van der Waals surface area contributed by atoms with E-state index in [1.807, 2.05) is 36.4 Å². The van der Waals surface area contributed by atoms with Crippen LogP contribution in [0, 0.1) is 0 Å². The number of rotatable bonds is 20. The smallest absolute Gasteiger partial charge is 0.118 e. The average molecular weight is 1450 g/mol. The summed E-state index contributed by atoms with van der Waals surface area (Å²) in [6, 6.07) is 146. The summed E-state index contributed by atoms with van der Waals surface area (Å²) in [6.45, 7) is 0. The molecule has 0 aromatic heterocycles. The van der Waals surface area contributed by atoms with Gasteiger partial charge in [-0.15, -0.1) is 0 Å². The number of benzene rings is 18. The number of hydrogen-bond donors (Lipinski definition) is 0. The van der Waals surface area contributed by atoms with Gasteiger partial charge in [-0.1, -0.05) is 224 Å². The third-order valence-electron chi connectivity index (χ3n) is 20.9. The number of fused-ring (bicyclic) bond motifs is 4. The molecule has 0 radical (unpaired) electrons. The Morgan fingerprint density at radius 2 is 0.384 bits per heavy atom. The summed E-state index contributed by atoms with van der Waals surface area (Å²) in [7, 11) is 6.84. The predicted molar refractivity (Wildman–Crippen MR) is 470 cm³/mol. The van der Waals surface area contributed by atoms with Gasteiger partial charge in [0.05, 0.1) is 34.1 Å². The summed E-state index contributed by atoms with van der Waals surface area (Å²) in [5.74, 6) is 3.31. The molecule has 0 saturated carbocycles. The van der Waals surface area contributed by atoms with Crippen LogP contribution in [0.2, 0.25) is 0 Å². The molecule has 540 valence electrons. The zero-order valence-corrected chi connectivity index (χ0v) is 62.7. The fraction of sp³-hybridized carbons (Fsp3) is 0.0385. The SMILES string of the molecule is COc1ccc(-c2c3ccccc3c(-c3ccc(OC)cc3)c3c(N(c4ccccc4)c4ccc(N(c5ccccc5)c5ccccc5)cc4)cccc23)cc1.COc1ccc(-c2c3ccccc3c(-c3ccc(OC)cc3)c3cc(N(c4ccccc4)c4ccc(N(c5ccccc5)c5ccccc5)cc4)ccc23)cc1. The van der Waals surface area contributed by atoms with Crippen LogP contribution >= 0.6 is 0 Å². The van der Waals surface area contributed by atoms with Gasteiger partial charge in [-0.05, 0) is 270 Å². The van der Waals surface area contributed by atoms with Crippen molar-refractivity contribution in [2.75, 3.05) is 48.0 Å². The van der Waals surface area contributed by atoms with Crippen molar-refractivity contribution < 1.29 is 18.9 Å². The van der Waals surface area contributed by atoms with Gasteiger partial charge in [0.2, 0.25) is 0 Å². The molecule has 0 aliphatic heterocycles. The molecule has 0 amide bonds. The Balaban J connectivity index is 0.000000163. The molecular weight excluding hydrogens is 1370 g/mol. The van der Waals surface area contributed by atoms with Crippen LogP contribution < -0.4 is 38.5 Å². The maximum atomic E-state index is 5.61. The topological polar surface area (TPSA) is 49.9 Å². The number of methoxy groups -OCH3 is 4. The second-order valence-electron chi connectivity index (χ2n) is 27.3. The molecule has 112 heavy (non-hydrogen) atoms. The molecule has 0 fully saturated rings. The molecule has 0 aliphatic rings. The summed E-state index contributed by atoms with van der Waals surface area (Å²) in [6.07, 6.45) is 0. The second-order valence-corrected chi connectivity index (χ2v) is 27.3. The van der Waals surface area contributed by atoms with Crippen molar-refractivity contribution in [2.24, 2.45) is 0 Å². The van der Waals surface area contributed by atoms with E-state index in [2.05, 4.69) is 396 Å². The summed E-state index contributed by atoms with van der Waals surface area (Å²) in [5.41, 5.74) is 22.2. The Labute approximate surface area is 654 Å². The van der Waals surface area contributed by atoms with Crippen molar-refractivity contribution >= 4 is 111 Å². The fourth-order valence-electron chi connectivity index (χ4n) is 15.7.